The topological polar surface area (TPSA) is 49.4 Å². The minimum atomic E-state index is -0.582. The van der Waals surface area contributed by atoms with Crippen LogP contribution in [-0.2, 0) is 29.0 Å². The summed E-state index contributed by atoms with van der Waals surface area (Å²) in [5.74, 6) is -0.156. The molecule has 0 unspecified atom stereocenters. The van der Waals surface area contributed by atoms with Crippen LogP contribution in [0.25, 0.3) is 0 Å². The summed E-state index contributed by atoms with van der Waals surface area (Å²) in [7, 11) is 0. The fourth-order valence-electron chi connectivity index (χ4n) is 3.80. The van der Waals surface area contributed by atoms with Crippen LogP contribution < -0.4 is 5.32 Å². The maximum atomic E-state index is 13.6. The summed E-state index contributed by atoms with van der Waals surface area (Å²) in [5.41, 5.74) is 4.11. The number of benzene rings is 3. The Morgan fingerprint density at radius 3 is 2.09 bits per heavy atom. The van der Waals surface area contributed by atoms with Crippen LogP contribution in [0.15, 0.2) is 84.9 Å². The van der Waals surface area contributed by atoms with E-state index in [0.717, 1.165) is 28.7 Å². The summed E-state index contributed by atoms with van der Waals surface area (Å²) < 4.78 is 0. The van der Waals surface area contributed by atoms with Gasteiger partial charge in [0, 0.05) is 19.5 Å². The maximum absolute atomic E-state index is 13.6. The van der Waals surface area contributed by atoms with Crippen molar-refractivity contribution in [1.29, 1.82) is 0 Å². The van der Waals surface area contributed by atoms with Crippen molar-refractivity contribution in [1.82, 2.24) is 10.2 Å². The van der Waals surface area contributed by atoms with Gasteiger partial charge in [-0.1, -0.05) is 97.4 Å². The van der Waals surface area contributed by atoms with E-state index in [2.05, 4.69) is 5.32 Å². The molecule has 4 heteroatoms. The second kappa shape index (κ2) is 11.8. The van der Waals surface area contributed by atoms with E-state index in [0.29, 0.717) is 19.5 Å². The molecule has 0 radical (unpaired) electrons. The fraction of sp³-hybridized carbons (Fsp3) is 0.286. The number of hydrogen-bond acceptors (Lipinski definition) is 2. The first-order chi connectivity index (χ1) is 15.6. The smallest absolute Gasteiger partial charge is 0.243 e. The van der Waals surface area contributed by atoms with Crippen molar-refractivity contribution in [3.8, 4) is 0 Å². The van der Waals surface area contributed by atoms with E-state index in [9.17, 15) is 9.59 Å². The molecule has 3 aromatic rings. The largest absolute Gasteiger partial charge is 0.354 e. The van der Waals surface area contributed by atoms with Crippen LogP contribution in [0.1, 0.15) is 35.6 Å². The number of aryl methyl sites for hydroxylation is 1. The van der Waals surface area contributed by atoms with Crippen molar-refractivity contribution in [2.45, 2.75) is 45.7 Å². The zero-order chi connectivity index (χ0) is 22.8. The highest BCUT2D eigenvalue weighted by molar-refractivity contribution is 5.88. The zero-order valence-corrected chi connectivity index (χ0v) is 19.0. The summed E-state index contributed by atoms with van der Waals surface area (Å²) in [4.78, 5) is 28.6. The molecule has 0 aliphatic carbocycles. The SMILES string of the molecule is CCCNC(=O)[C@H](Cc1ccccc1)N(Cc1ccccc1)C(=O)Cc1cccc(C)c1. The van der Waals surface area contributed by atoms with Gasteiger partial charge in [0.2, 0.25) is 11.8 Å². The molecule has 0 fully saturated rings. The molecule has 2 amide bonds. The lowest BCUT2D eigenvalue weighted by Crippen LogP contribution is -2.51. The molecule has 0 spiro atoms. The summed E-state index contributed by atoms with van der Waals surface area (Å²) in [6.07, 6.45) is 1.59. The van der Waals surface area contributed by atoms with Gasteiger partial charge in [-0.3, -0.25) is 9.59 Å². The van der Waals surface area contributed by atoms with E-state index in [-0.39, 0.29) is 18.2 Å². The third-order valence-corrected chi connectivity index (χ3v) is 5.45. The van der Waals surface area contributed by atoms with Gasteiger partial charge in [0.05, 0.1) is 6.42 Å². The lowest BCUT2D eigenvalue weighted by Gasteiger charge is -2.31. The highest BCUT2D eigenvalue weighted by Gasteiger charge is 2.30. The van der Waals surface area contributed by atoms with Crippen LogP contribution in [0.4, 0.5) is 0 Å². The van der Waals surface area contributed by atoms with E-state index in [4.69, 9.17) is 0 Å². The summed E-state index contributed by atoms with van der Waals surface area (Å²) >= 11 is 0. The van der Waals surface area contributed by atoms with Crippen molar-refractivity contribution in [3.63, 3.8) is 0 Å². The van der Waals surface area contributed by atoms with Gasteiger partial charge in [0.25, 0.3) is 0 Å². The summed E-state index contributed by atoms with van der Waals surface area (Å²) in [6.45, 7) is 5.03. The van der Waals surface area contributed by atoms with Crippen molar-refractivity contribution in [2.24, 2.45) is 0 Å². The molecule has 0 bridgehead atoms. The normalized spacial score (nSPS) is 11.6. The number of nitrogens with zero attached hydrogens (tertiary/aromatic N) is 1. The molecule has 3 aromatic carbocycles. The molecule has 1 atom stereocenters. The molecule has 1 N–H and O–H groups in total. The monoisotopic (exact) mass is 428 g/mol. The third kappa shape index (κ3) is 6.81. The predicted octanol–water partition coefficient (Wildman–Crippen LogP) is 4.70. The summed E-state index contributed by atoms with van der Waals surface area (Å²) in [6, 6.07) is 27.2. The van der Waals surface area contributed by atoms with Crippen molar-refractivity contribution in [2.75, 3.05) is 6.54 Å². The zero-order valence-electron chi connectivity index (χ0n) is 19.0. The molecular formula is C28H32N2O2. The molecule has 0 aliphatic heterocycles. The predicted molar refractivity (Wildman–Crippen MR) is 129 cm³/mol. The summed E-state index contributed by atoms with van der Waals surface area (Å²) in [5, 5.41) is 3.01. The van der Waals surface area contributed by atoms with E-state index in [1.54, 1.807) is 4.90 Å². The molecule has 0 aromatic heterocycles. The molecule has 32 heavy (non-hydrogen) atoms. The Bertz CT molecular complexity index is 1000. The Balaban J connectivity index is 1.93. The lowest BCUT2D eigenvalue weighted by molar-refractivity contribution is -0.140. The molecule has 3 rings (SSSR count). The van der Waals surface area contributed by atoms with Gasteiger partial charge in [-0.05, 0) is 30.0 Å². The Morgan fingerprint density at radius 1 is 0.844 bits per heavy atom. The van der Waals surface area contributed by atoms with Crippen LogP contribution >= 0.6 is 0 Å². The van der Waals surface area contributed by atoms with Gasteiger partial charge in [-0.2, -0.15) is 0 Å². The third-order valence-electron chi connectivity index (χ3n) is 5.45. The van der Waals surface area contributed by atoms with Gasteiger partial charge < -0.3 is 10.2 Å². The number of rotatable bonds is 10. The number of nitrogens with one attached hydrogen (secondary N) is 1. The first kappa shape index (κ1) is 23.3. The Morgan fingerprint density at radius 2 is 1.47 bits per heavy atom. The minimum absolute atomic E-state index is 0.0490. The average molecular weight is 429 g/mol. The minimum Gasteiger partial charge on any atom is -0.354 e. The van der Waals surface area contributed by atoms with E-state index < -0.39 is 6.04 Å². The van der Waals surface area contributed by atoms with Crippen LogP contribution in [0.5, 0.6) is 0 Å². The van der Waals surface area contributed by atoms with Gasteiger partial charge in [0.15, 0.2) is 0 Å². The highest BCUT2D eigenvalue weighted by Crippen LogP contribution is 2.17. The Labute approximate surface area is 191 Å². The average Bonchev–Trinajstić information content (AvgIpc) is 2.81. The molecule has 166 valence electrons. The molecule has 0 saturated heterocycles. The Hall–Kier alpha value is -3.40. The standard InChI is InChI=1S/C28H32N2O2/c1-3-17-29-28(32)26(19-23-12-6-4-7-13-23)30(21-24-14-8-5-9-15-24)27(31)20-25-16-10-11-22(2)18-25/h4-16,18,26H,3,17,19-21H2,1-2H3,(H,29,32)/t26-/m0/s1. The molecular weight excluding hydrogens is 396 g/mol. The first-order valence-electron chi connectivity index (χ1n) is 11.3. The van der Waals surface area contributed by atoms with Crippen LogP contribution in [0.3, 0.4) is 0 Å². The van der Waals surface area contributed by atoms with Crippen molar-refractivity contribution < 1.29 is 9.59 Å². The van der Waals surface area contributed by atoms with Crippen LogP contribution in [0.2, 0.25) is 0 Å². The number of carbonyl (C=O) groups is 2. The second-order valence-electron chi connectivity index (χ2n) is 8.17. The fourth-order valence-corrected chi connectivity index (χ4v) is 3.80. The van der Waals surface area contributed by atoms with Gasteiger partial charge in [0.1, 0.15) is 6.04 Å². The first-order valence-corrected chi connectivity index (χ1v) is 11.3. The quantitative estimate of drug-likeness (QED) is 0.509. The highest BCUT2D eigenvalue weighted by atomic mass is 16.2. The van der Waals surface area contributed by atoms with E-state index in [1.807, 2.05) is 98.8 Å². The maximum Gasteiger partial charge on any atom is 0.243 e. The molecule has 0 aliphatic rings. The van der Waals surface area contributed by atoms with Crippen molar-refractivity contribution in [3.05, 3.63) is 107 Å². The van der Waals surface area contributed by atoms with Crippen molar-refractivity contribution >= 4 is 11.8 Å². The lowest BCUT2D eigenvalue weighted by atomic mass is 10.0. The Kier molecular flexibility index (Phi) is 8.61. The number of hydrogen-bond donors (Lipinski definition) is 1. The molecule has 0 saturated carbocycles. The van der Waals surface area contributed by atoms with E-state index in [1.165, 1.54) is 0 Å². The van der Waals surface area contributed by atoms with Gasteiger partial charge in [-0.25, -0.2) is 0 Å². The molecule has 4 nitrogen and oxygen atoms in total. The van der Waals surface area contributed by atoms with Crippen LogP contribution in [-0.4, -0.2) is 29.3 Å². The van der Waals surface area contributed by atoms with Gasteiger partial charge in [-0.15, -0.1) is 0 Å². The molecule has 0 heterocycles. The van der Waals surface area contributed by atoms with Gasteiger partial charge >= 0.3 is 0 Å². The number of amides is 2. The second-order valence-corrected chi connectivity index (χ2v) is 8.17. The van der Waals surface area contributed by atoms with Crippen LogP contribution in [0, 0.1) is 6.92 Å². The van der Waals surface area contributed by atoms with E-state index >= 15 is 0 Å². The number of carbonyl (C=O) groups excluding carboxylic acids is 2.